The van der Waals surface area contributed by atoms with E-state index in [1.807, 2.05) is 0 Å². The Morgan fingerprint density at radius 3 is 2.88 bits per heavy atom. The van der Waals surface area contributed by atoms with Gasteiger partial charge in [-0.3, -0.25) is 0 Å². The van der Waals surface area contributed by atoms with Crippen molar-refractivity contribution in [1.82, 2.24) is 0 Å². The van der Waals surface area contributed by atoms with E-state index in [0.717, 1.165) is 37.7 Å². The number of hydrogen-bond donors (Lipinski definition) is 0. The Morgan fingerprint density at radius 1 is 1.35 bits per heavy atom. The second kappa shape index (κ2) is 3.24. The van der Waals surface area contributed by atoms with Crippen LogP contribution >= 0.6 is 0 Å². The summed E-state index contributed by atoms with van der Waals surface area (Å²) in [6.45, 7) is 10.4. The van der Waals surface area contributed by atoms with Gasteiger partial charge in [0.2, 0.25) is 0 Å². The minimum atomic E-state index is -0.382. The van der Waals surface area contributed by atoms with Crippen LogP contribution in [0.2, 0.25) is 0 Å². The molecule has 92 valence electrons. The average Bonchev–Trinajstić information content (AvgIpc) is 2.29. The molecule has 2 bridgehead atoms. The van der Waals surface area contributed by atoms with Crippen molar-refractivity contribution in [2.45, 2.75) is 51.0 Å². The highest BCUT2D eigenvalue weighted by molar-refractivity contribution is 5.90. The van der Waals surface area contributed by atoms with Gasteiger partial charge in [-0.25, -0.2) is 4.79 Å². The molecule has 1 saturated heterocycles. The lowest BCUT2D eigenvalue weighted by molar-refractivity contribution is -0.189. The van der Waals surface area contributed by atoms with Crippen molar-refractivity contribution < 1.29 is 9.53 Å². The van der Waals surface area contributed by atoms with Crippen molar-refractivity contribution in [2.75, 3.05) is 0 Å². The van der Waals surface area contributed by atoms with E-state index in [1.165, 1.54) is 6.42 Å². The minimum absolute atomic E-state index is 0.106. The van der Waals surface area contributed by atoms with Crippen molar-refractivity contribution in [3.8, 4) is 0 Å². The third-order valence-corrected chi connectivity index (χ3v) is 5.35. The smallest absolute Gasteiger partial charge is 0.334 e. The van der Waals surface area contributed by atoms with Gasteiger partial charge in [0.05, 0.1) is 0 Å². The van der Waals surface area contributed by atoms with E-state index in [1.54, 1.807) is 0 Å². The minimum Gasteiger partial charge on any atom is -0.451 e. The van der Waals surface area contributed by atoms with E-state index in [9.17, 15) is 4.79 Å². The van der Waals surface area contributed by atoms with Gasteiger partial charge in [0.1, 0.15) is 5.60 Å². The summed E-state index contributed by atoms with van der Waals surface area (Å²) < 4.78 is 5.84. The van der Waals surface area contributed by atoms with Crippen LogP contribution in [0.4, 0.5) is 0 Å². The standard InChI is InChI=1S/C15H20O2/c1-10-5-4-7-14(3)8-6-12-9-15(10,14)17-13(16)11(12)2/h12H,1-2,4-9H2,3H3/t12-,14-,15+/m1/s1. The molecule has 3 aliphatic rings. The van der Waals surface area contributed by atoms with Crippen LogP contribution in [-0.2, 0) is 9.53 Å². The van der Waals surface area contributed by atoms with Gasteiger partial charge in [-0.1, -0.05) is 20.1 Å². The van der Waals surface area contributed by atoms with Gasteiger partial charge in [0.15, 0.2) is 0 Å². The molecule has 0 aromatic carbocycles. The summed E-state index contributed by atoms with van der Waals surface area (Å²) in [7, 11) is 0. The zero-order valence-corrected chi connectivity index (χ0v) is 10.6. The molecule has 0 amide bonds. The lowest BCUT2D eigenvalue weighted by atomic mass is 9.52. The van der Waals surface area contributed by atoms with E-state index >= 15 is 0 Å². The molecule has 0 radical (unpaired) electrons. The predicted molar refractivity (Wildman–Crippen MR) is 66.4 cm³/mol. The molecule has 1 heterocycles. The fourth-order valence-electron chi connectivity index (χ4n) is 4.11. The van der Waals surface area contributed by atoms with Gasteiger partial charge in [0, 0.05) is 11.0 Å². The highest BCUT2D eigenvalue weighted by Gasteiger charge is 2.60. The third kappa shape index (κ3) is 1.24. The third-order valence-electron chi connectivity index (χ3n) is 5.35. The van der Waals surface area contributed by atoms with E-state index in [-0.39, 0.29) is 17.0 Å². The summed E-state index contributed by atoms with van der Waals surface area (Å²) in [5, 5.41) is 0. The van der Waals surface area contributed by atoms with Crippen LogP contribution in [0.5, 0.6) is 0 Å². The number of ether oxygens (including phenoxy) is 1. The Labute approximate surface area is 103 Å². The Morgan fingerprint density at radius 2 is 2.12 bits per heavy atom. The molecule has 2 heteroatoms. The van der Waals surface area contributed by atoms with Gasteiger partial charge in [-0.2, -0.15) is 0 Å². The summed E-state index contributed by atoms with van der Waals surface area (Å²) in [5.41, 5.74) is 1.54. The molecule has 1 spiro atoms. The average molecular weight is 232 g/mol. The topological polar surface area (TPSA) is 26.3 Å². The molecule has 0 aromatic heterocycles. The molecule has 1 aliphatic heterocycles. The lowest BCUT2D eigenvalue weighted by Crippen LogP contribution is -2.60. The lowest BCUT2D eigenvalue weighted by Gasteiger charge is -2.59. The molecule has 2 aliphatic carbocycles. The van der Waals surface area contributed by atoms with E-state index < -0.39 is 0 Å². The fourth-order valence-corrected chi connectivity index (χ4v) is 4.11. The van der Waals surface area contributed by atoms with Crippen LogP contribution in [-0.4, -0.2) is 11.6 Å². The SMILES string of the molecule is C=C1C(=O)O[C@]23C[C@H]1CC[C@@]2(C)CCCC3=C. The van der Waals surface area contributed by atoms with Crippen LogP contribution in [0.3, 0.4) is 0 Å². The highest BCUT2D eigenvalue weighted by atomic mass is 16.6. The predicted octanol–water partition coefficient (Wildman–Crippen LogP) is 3.38. The van der Waals surface area contributed by atoms with Crippen LogP contribution in [0.15, 0.2) is 24.3 Å². The maximum Gasteiger partial charge on any atom is 0.334 e. The highest BCUT2D eigenvalue weighted by Crippen LogP contribution is 2.61. The van der Waals surface area contributed by atoms with Gasteiger partial charge in [-0.05, 0) is 50.0 Å². The van der Waals surface area contributed by atoms with Gasteiger partial charge in [0.25, 0.3) is 0 Å². The monoisotopic (exact) mass is 232 g/mol. The molecule has 2 saturated carbocycles. The van der Waals surface area contributed by atoms with Crippen molar-refractivity contribution >= 4 is 5.97 Å². The number of hydrogen-bond acceptors (Lipinski definition) is 2. The van der Waals surface area contributed by atoms with Crippen LogP contribution in [0.25, 0.3) is 0 Å². The Kier molecular flexibility index (Phi) is 2.11. The Bertz CT molecular complexity index is 423. The second-order valence-corrected chi connectivity index (χ2v) is 6.20. The first kappa shape index (κ1) is 11.1. The zero-order valence-electron chi connectivity index (χ0n) is 10.6. The first-order valence-electron chi connectivity index (χ1n) is 6.59. The zero-order chi connectivity index (χ0) is 12.3. The van der Waals surface area contributed by atoms with Gasteiger partial charge < -0.3 is 4.74 Å². The number of carbonyl (C=O) groups excluding carboxylic acids is 1. The first-order valence-corrected chi connectivity index (χ1v) is 6.59. The Hall–Kier alpha value is -1.05. The molecular weight excluding hydrogens is 212 g/mol. The molecule has 17 heavy (non-hydrogen) atoms. The molecule has 3 fully saturated rings. The van der Waals surface area contributed by atoms with Crippen molar-refractivity contribution in [3.05, 3.63) is 24.3 Å². The van der Waals surface area contributed by atoms with Crippen molar-refractivity contribution in [3.63, 3.8) is 0 Å². The molecule has 0 N–H and O–H groups in total. The summed E-state index contributed by atoms with van der Waals surface area (Å²) in [6.07, 6.45) is 6.47. The van der Waals surface area contributed by atoms with E-state index in [4.69, 9.17) is 4.74 Å². The molecule has 3 rings (SSSR count). The van der Waals surface area contributed by atoms with Gasteiger partial charge in [-0.15, -0.1) is 0 Å². The fraction of sp³-hybridized carbons (Fsp3) is 0.667. The summed E-state index contributed by atoms with van der Waals surface area (Å²) >= 11 is 0. The maximum absolute atomic E-state index is 12.0. The molecule has 2 nitrogen and oxygen atoms in total. The van der Waals surface area contributed by atoms with Gasteiger partial charge >= 0.3 is 5.97 Å². The maximum atomic E-state index is 12.0. The van der Waals surface area contributed by atoms with E-state index in [2.05, 4.69) is 20.1 Å². The summed E-state index contributed by atoms with van der Waals surface area (Å²) in [6, 6.07) is 0. The number of carbonyl (C=O) groups is 1. The molecule has 0 unspecified atom stereocenters. The normalized spacial score (nSPS) is 45.2. The second-order valence-electron chi connectivity index (χ2n) is 6.20. The number of rotatable bonds is 0. The first-order chi connectivity index (χ1) is 7.98. The van der Waals surface area contributed by atoms with E-state index in [0.29, 0.717) is 11.5 Å². The molecule has 0 aromatic rings. The molecular formula is C15H20O2. The van der Waals surface area contributed by atoms with Crippen LogP contribution < -0.4 is 0 Å². The summed E-state index contributed by atoms with van der Waals surface area (Å²) in [5.74, 6) is 0.134. The van der Waals surface area contributed by atoms with Crippen molar-refractivity contribution in [2.24, 2.45) is 11.3 Å². The Balaban J connectivity index is 2.08. The van der Waals surface area contributed by atoms with Crippen LogP contribution in [0.1, 0.15) is 45.4 Å². The largest absolute Gasteiger partial charge is 0.451 e. The van der Waals surface area contributed by atoms with Crippen molar-refractivity contribution in [1.29, 1.82) is 0 Å². The molecule has 3 atom stereocenters. The van der Waals surface area contributed by atoms with Crippen LogP contribution in [0, 0.1) is 11.3 Å². The quantitative estimate of drug-likeness (QED) is 0.363. The number of fused-ring (bicyclic) bond motifs is 1. The summed E-state index contributed by atoms with van der Waals surface area (Å²) in [4.78, 5) is 12.0. The number of esters is 1.